The van der Waals surface area contributed by atoms with Gasteiger partial charge in [-0.1, -0.05) is 6.07 Å². The molecule has 0 spiro atoms. The Labute approximate surface area is 105 Å². The van der Waals surface area contributed by atoms with E-state index in [2.05, 4.69) is 12.2 Å². The van der Waals surface area contributed by atoms with Crippen LogP contribution >= 0.6 is 11.3 Å². The summed E-state index contributed by atoms with van der Waals surface area (Å²) in [5.41, 5.74) is 1.80. The molecule has 1 unspecified atom stereocenters. The van der Waals surface area contributed by atoms with Gasteiger partial charge in [-0.3, -0.25) is 0 Å². The van der Waals surface area contributed by atoms with Gasteiger partial charge in [0.15, 0.2) is 0 Å². The molecule has 0 bridgehead atoms. The van der Waals surface area contributed by atoms with Crippen molar-refractivity contribution in [1.82, 2.24) is 5.32 Å². The molecule has 0 fully saturated rings. The molecular formula is C14H16FNS. The van der Waals surface area contributed by atoms with Crippen LogP contribution in [0.2, 0.25) is 0 Å². The van der Waals surface area contributed by atoms with Gasteiger partial charge >= 0.3 is 0 Å². The number of rotatable bonds is 3. The van der Waals surface area contributed by atoms with E-state index in [9.17, 15) is 4.39 Å². The molecule has 0 radical (unpaired) electrons. The Hall–Kier alpha value is -1.19. The van der Waals surface area contributed by atoms with Gasteiger partial charge < -0.3 is 5.32 Å². The minimum atomic E-state index is -0.154. The summed E-state index contributed by atoms with van der Waals surface area (Å²) in [5.74, 6) is -0.154. The fourth-order valence-electron chi connectivity index (χ4n) is 1.75. The molecule has 1 atom stereocenters. The first kappa shape index (κ1) is 12.3. The van der Waals surface area contributed by atoms with Crippen molar-refractivity contribution in [2.45, 2.75) is 19.9 Å². The fraction of sp³-hybridized carbons (Fsp3) is 0.286. The summed E-state index contributed by atoms with van der Waals surface area (Å²) in [6.45, 7) is 4.10. The van der Waals surface area contributed by atoms with E-state index in [0.717, 1.165) is 10.4 Å². The molecule has 90 valence electrons. The predicted octanol–water partition coefficient (Wildman–Crippen LogP) is 4.14. The van der Waals surface area contributed by atoms with Crippen LogP contribution in [0.1, 0.15) is 23.4 Å². The largest absolute Gasteiger partial charge is 0.313 e. The Bertz CT molecular complexity index is 519. The molecule has 1 aromatic heterocycles. The average Bonchev–Trinajstić information content (AvgIpc) is 2.75. The maximum atomic E-state index is 13.8. The Morgan fingerprint density at radius 1 is 1.24 bits per heavy atom. The summed E-state index contributed by atoms with van der Waals surface area (Å²) in [6.07, 6.45) is 0. The molecule has 0 aliphatic rings. The molecule has 1 heterocycles. The van der Waals surface area contributed by atoms with Gasteiger partial charge in [-0.05, 0) is 50.7 Å². The summed E-state index contributed by atoms with van der Waals surface area (Å²) in [4.78, 5) is 2.19. The van der Waals surface area contributed by atoms with Crippen molar-refractivity contribution < 1.29 is 4.39 Å². The Morgan fingerprint density at radius 2 is 2.00 bits per heavy atom. The number of thiophene rings is 1. The zero-order valence-corrected chi connectivity index (χ0v) is 11.1. The van der Waals surface area contributed by atoms with Gasteiger partial charge in [0, 0.05) is 21.4 Å². The molecule has 0 saturated heterocycles. The van der Waals surface area contributed by atoms with Crippen molar-refractivity contribution in [2.24, 2.45) is 0 Å². The second-order valence-corrected chi connectivity index (χ2v) is 5.45. The summed E-state index contributed by atoms with van der Waals surface area (Å²) in [6, 6.07) is 9.55. The van der Waals surface area contributed by atoms with Crippen molar-refractivity contribution >= 4 is 11.3 Å². The number of halogens is 1. The third-order valence-electron chi connectivity index (χ3n) is 2.93. The van der Waals surface area contributed by atoms with Gasteiger partial charge in [-0.25, -0.2) is 4.39 Å². The van der Waals surface area contributed by atoms with Gasteiger partial charge in [0.2, 0.25) is 0 Å². The lowest BCUT2D eigenvalue weighted by atomic mass is 10.0. The molecule has 0 aliphatic carbocycles. The van der Waals surface area contributed by atoms with E-state index >= 15 is 0 Å². The highest BCUT2D eigenvalue weighted by atomic mass is 32.1. The highest BCUT2D eigenvalue weighted by Gasteiger charge is 2.10. The number of aryl methyl sites for hydroxylation is 1. The highest BCUT2D eigenvalue weighted by Crippen LogP contribution is 2.31. The predicted molar refractivity (Wildman–Crippen MR) is 71.9 cm³/mol. The molecule has 3 heteroatoms. The maximum Gasteiger partial charge on any atom is 0.131 e. The molecule has 0 amide bonds. The standard InChI is InChI=1S/C14H16FNS/c1-9-4-7-14(17-9)12-8-11(10(2)16-3)5-6-13(12)15/h4-8,10,16H,1-3H3. The molecule has 1 nitrogen and oxygen atoms in total. The van der Waals surface area contributed by atoms with Crippen LogP contribution in [-0.4, -0.2) is 7.05 Å². The van der Waals surface area contributed by atoms with Crippen LogP contribution < -0.4 is 5.32 Å². The van der Waals surface area contributed by atoms with Crippen LogP contribution in [0.3, 0.4) is 0 Å². The number of hydrogen-bond acceptors (Lipinski definition) is 2. The first-order valence-electron chi connectivity index (χ1n) is 5.65. The Morgan fingerprint density at radius 3 is 2.59 bits per heavy atom. The van der Waals surface area contributed by atoms with E-state index in [4.69, 9.17) is 0 Å². The third-order valence-corrected chi connectivity index (χ3v) is 3.96. The number of hydrogen-bond donors (Lipinski definition) is 1. The molecule has 0 saturated carbocycles. The maximum absolute atomic E-state index is 13.8. The minimum absolute atomic E-state index is 0.154. The van der Waals surface area contributed by atoms with Gasteiger partial charge in [0.25, 0.3) is 0 Å². The van der Waals surface area contributed by atoms with E-state index in [1.165, 1.54) is 4.88 Å². The topological polar surface area (TPSA) is 12.0 Å². The summed E-state index contributed by atoms with van der Waals surface area (Å²) in [5, 5.41) is 3.17. The van der Waals surface area contributed by atoms with E-state index in [0.29, 0.717) is 5.56 Å². The molecule has 2 aromatic rings. The molecule has 0 aliphatic heterocycles. The van der Waals surface area contributed by atoms with Crippen LogP contribution in [-0.2, 0) is 0 Å². The lowest BCUT2D eigenvalue weighted by Gasteiger charge is -2.12. The van der Waals surface area contributed by atoms with Crippen molar-refractivity contribution in [3.8, 4) is 10.4 Å². The van der Waals surface area contributed by atoms with Gasteiger partial charge in [0.1, 0.15) is 5.82 Å². The first-order chi connectivity index (χ1) is 8.11. The molecule has 2 rings (SSSR count). The highest BCUT2D eigenvalue weighted by molar-refractivity contribution is 7.15. The molecular weight excluding hydrogens is 233 g/mol. The van der Waals surface area contributed by atoms with Crippen LogP contribution in [0, 0.1) is 12.7 Å². The third kappa shape index (κ3) is 2.56. The molecule has 1 aromatic carbocycles. The summed E-state index contributed by atoms with van der Waals surface area (Å²) >= 11 is 1.62. The Kier molecular flexibility index (Phi) is 3.60. The van der Waals surface area contributed by atoms with Crippen LogP contribution in [0.5, 0.6) is 0 Å². The lowest BCUT2D eigenvalue weighted by molar-refractivity contribution is 0.622. The lowest BCUT2D eigenvalue weighted by Crippen LogP contribution is -2.12. The van der Waals surface area contributed by atoms with Gasteiger partial charge in [-0.2, -0.15) is 0 Å². The smallest absolute Gasteiger partial charge is 0.131 e. The van der Waals surface area contributed by atoms with Crippen molar-refractivity contribution in [1.29, 1.82) is 0 Å². The Balaban J connectivity index is 2.46. The molecule has 17 heavy (non-hydrogen) atoms. The number of nitrogens with one attached hydrogen (secondary N) is 1. The van der Waals surface area contributed by atoms with Crippen LogP contribution in [0.25, 0.3) is 10.4 Å². The minimum Gasteiger partial charge on any atom is -0.313 e. The molecule has 1 N–H and O–H groups in total. The van der Waals surface area contributed by atoms with E-state index in [-0.39, 0.29) is 11.9 Å². The van der Waals surface area contributed by atoms with Gasteiger partial charge in [0.05, 0.1) is 0 Å². The van der Waals surface area contributed by atoms with Crippen molar-refractivity contribution in [2.75, 3.05) is 7.05 Å². The van der Waals surface area contributed by atoms with Crippen molar-refractivity contribution in [3.05, 3.63) is 46.6 Å². The number of benzene rings is 1. The zero-order chi connectivity index (χ0) is 12.4. The fourth-order valence-corrected chi connectivity index (χ4v) is 2.63. The van der Waals surface area contributed by atoms with Gasteiger partial charge in [-0.15, -0.1) is 11.3 Å². The second-order valence-electron chi connectivity index (χ2n) is 4.16. The summed E-state index contributed by atoms with van der Waals surface area (Å²) in [7, 11) is 1.91. The first-order valence-corrected chi connectivity index (χ1v) is 6.47. The quantitative estimate of drug-likeness (QED) is 0.862. The van der Waals surface area contributed by atoms with Crippen LogP contribution in [0.4, 0.5) is 4.39 Å². The van der Waals surface area contributed by atoms with E-state index < -0.39 is 0 Å². The normalized spacial score (nSPS) is 12.7. The SMILES string of the molecule is CNC(C)c1ccc(F)c(-c2ccc(C)s2)c1. The van der Waals surface area contributed by atoms with E-state index in [1.807, 2.05) is 38.2 Å². The van der Waals surface area contributed by atoms with Crippen LogP contribution in [0.15, 0.2) is 30.3 Å². The van der Waals surface area contributed by atoms with E-state index in [1.54, 1.807) is 17.4 Å². The zero-order valence-electron chi connectivity index (χ0n) is 10.3. The second kappa shape index (κ2) is 4.98. The van der Waals surface area contributed by atoms with Crippen molar-refractivity contribution in [3.63, 3.8) is 0 Å². The monoisotopic (exact) mass is 249 g/mol. The average molecular weight is 249 g/mol. The summed E-state index contributed by atoms with van der Waals surface area (Å²) < 4.78 is 13.8.